The van der Waals surface area contributed by atoms with Gasteiger partial charge in [0.15, 0.2) is 5.58 Å². The van der Waals surface area contributed by atoms with Crippen molar-refractivity contribution in [2.75, 3.05) is 12.4 Å². The number of benzene rings is 2. The van der Waals surface area contributed by atoms with Gasteiger partial charge in [0.25, 0.3) is 0 Å². The van der Waals surface area contributed by atoms with Crippen LogP contribution in [-0.2, 0) is 0 Å². The fourth-order valence-electron chi connectivity index (χ4n) is 3.54. The normalized spacial score (nSPS) is 14.9. The summed E-state index contributed by atoms with van der Waals surface area (Å²) in [6.07, 6.45) is 5.73. The molecule has 2 amide bonds. The summed E-state index contributed by atoms with van der Waals surface area (Å²) in [5, 5.41) is 5.94. The van der Waals surface area contributed by atoms with Gasteiger partial charge in [0.1, 0.15) is 11.3 Å². The molecule has 1 aliphatic rings. The van der Waals surface area contributed by atoms with E-state index in [1.54, 1.807) is 13.2 Å². The lowest BCUT2D eigenvalue weighted by molar-refractivity contribution is 0.244. The zero-order valence-electron chi connectivity index (χ0n) is 15.3. The van der Waals surface area contributed by atoms with Crippen molar-refractivity contribution in [2.45, 2.75) is 38.1 Å². The molecule has 1 aromatic heterocycles. The van der Waals surface area contributed by atoms with Crippen LogP contribution in [0, 0.1) is 0 Å². The number of hydrogen-bond acceptors (Lipinski definition) is 4. The largest absolute Gasteiger partial charge is 0.496 e. The number of aromatic nitrogens is 1. The van der Waals surface area contributed by atoms with Crippen LogP contribution < -0.4 is 15.4 Å². The first-order chi connectivity index (χ1) is 13.2. The van der Waals surface area contributed by atoms with Crippen molar-refractivity contribution in [2.24, 2.45) is 0 Å². The summed E-state index contributed by atoms with van der Waals surface area (Å²) < 4.78 is 11.3. The minimum absolute atomic E-state index is 0.175. The Morgan fingerprint density at radius 3 is 2.78 bits per heavy atom. The number of anilines is 1. The number of methoxy groups -OCH3 is 1. The number of amides is 2. The quantitative estimate of drug-likeness (QED) is 0.685. The Morgan fingerprint density at radius 2 is 1.96 bits per heavy atom. The van der Waals surface area contributed by atoms with E-state index in [-0.39, 0.29) is 12.1 Å². The molecule has 4 rings (SSSR count). The first-order valence-corrected chi connectivity index (χ1v) is 9.34. The van der Waals surface area contributed by atoms with E-state index in [4.69, 9.17) is 9.15 Å². The summed E-state index contributed by atoms with van der Waals surface area (Å²) in [5.41, 5.74) is 2.82. The second kappa shape index (κ2) is 7.70. The number of hydrogen-bond donors (Lipinski definition) is 2. The van der Waals surface area contributed by atoms with E-state index < -0.39 is 0 Å². The molecule has 6 heteroatoms. The Morgan fingerprint density at radius 1 is 1.15 bits per heavy atom. The van der Waals surface area contributed by atoms with Gasteiger partial charge >= 0.3 is 6.03 Å². The zero-order chi connectivity index (χ0) is 18.6. The summed E-state index contributed by atoms with van der Waals surface area (Å²) >= 11 is 0. The number of oxazole rings is 1. The van der Waals surface area contributed by atoms with Gasteiger partial charge in [-0.3, -0.25) is 0 Å². The van der Waals surface area contributed by atoms with Crippen molar-refractivity contribution in [3.63, 3.8) is 0 Å². The molecule has 2 aromatic carbocycles. The van der Waals surface area contributed by atoms with Gasteiger partial charge in [0.05, 0.1) is 12.7 Å². The third-order valence-electron chi connectivity index (χ3n) is 4.92. The van der Waals surface area contributed by atoms with E-state index in [2.05, 4.69) is 15.6 Å². The monoisotopic (exact) mass is 365 g/mol. The number of nitrogens with one attached hydrogen (secondary N) is 2. The molecule has 0 radical (unpaired) electrons. The van der Waals surface area contributed by atoms with Gasteiger partial charge in [-0.05, 0) is 37.1 Å². The highest BCUT2D eigenvalue weighted by Crippen LogP contribution is 2.32. The maximum atomic E-state index is 12.2. The topological polar surface area (TPSA) is 76.4 Å². The first-order valence-electron chi connectivity index (χ1n) is 9.34. The predicted molar refractivity (Wildman–Crippen MR) is 105 cm³/mol. The van der Waals surface area contributed by atoms with Crippen molar-refractivity contribution >= 4 is 22.8 Å². The minimum atomic E-state index is -0.175. The Hall–Kier alpha value is -3.02. The highest BCUT2D eigenvalue weighted by molar-refractivity contribution is 5.92. The number of fused-ring (bicyclic) bond motifs is 1. The molecule has 0 bridgehead atoms. The standard InChI is InChI=1S/C21H23N3O3/c1-26-18-10-6-5-9-16(18)20-24-17-12-11-15(13-19(17)27-20)23-21(25)22-14-7-3-2-4-8-14/h5-6,9-14H,2-4,7-8H2,1H3,(H2,22,23,25). The SMILES string of the molecule is COc1ccccc1-c1nc2ccc(NC(=O)NC3CCCCC3)cc2o1. The number of carbonyl (C=O) groups excluding carboxylic acids is 1. The summed E-state index contributed by atoms with van der Waals surface area (Å²) in [6, 6.07) is 13.1. The number of para-hydroxylation sites is 1. The molecule has 0 saturated heterocycles. The predicted octanol–water partition coefficient (Wildman–Crippen LogP) is 4.96. The molecule has 3 aromatic rings. The van der Waals surface area contributed by atoms with E-state index >= 15 is 0 Å². The fraction of sp³-hybridized carbons (Fsp3) is 0.333. The number of ether oxygens (including phenoxy) is 1. The molecule has 1 heterocycles. The van der Waals surface area contributed by atoms with Crippen LogP contribution in [0.4, 0.5) is 10.5 Å². The third-order valence-corrected chi connectivity index (χ3v) is 4.92. The van der Waals surface area contributed by atoms with Crippen molar-refractivity contribution < 1.29 is 13.9 Å². The Labute approximate surface area is 157 Å². The molecule has 0 atom stereocenters. The van der Waals surface area contributed by atoms with Crippen LogP contribution in [-0.4, -0.2) is 24.2 Å². The van der Waals surface area contributed by atoms with E-state index in [0.717, 1.165) is 23.9 Å². The van der Waals surface area contributed by atoms with Crippen LogP contribution in [0.5, 0.6) is 5.75 Å². The summed E-state index contributed by atoms with van der Waals surface area (Å²) in [5.74, 6) is 1.19. The lowest BCUT2D eigenvalue weighted by Gasteiger charge is -2.22. The maximum Gasteiger partial charge on any atom is 0.319 e. The van der Waals surface area contributed by atoms with Gasteiger partial charge in [0, 0.05) is 17.8 Å². The molecule has 0 aliphatic heterocycles. The Balaban J connectivity index is 1.51. The average Bonchev–Trinajstić information content (AvgIpc) is 3.12. The molecule has 1 saturated carbocycles. The molecule has 1 aliphatic carbocycles. The molecule has 1 fully saturated rings. The fourth-order valence-corrected chi connectivity index (χ4v) is 3.54. The lowest BCUT2D eigenvalue weighted by atomic mass is 9.96. The van der Waals surface area contributed by atoms with Gasteiger partial charge in [0.2, 0.25) is 5.89 Å². The molecule has 27 heavy (non-hydrogen) atoms. The summed E-state index contributed by atoms with van der Waals surface area (Å²) in [7, 11) is 1.62. The summed E-state index contributed by atoms with van der Waals surface area (Å²) in [6.45, 7) is 0. The molecule has 0 spiro atoms. The molecular weight excluding hydrogens is 342 g/mol. The molecule has 6 nitrogen and oxygen atoms in total. The van der Waals surface area contributed by atoms with E-state index in [9.17, 15) is 4.79 Å². The van der Waals surface area contributed by atoms with Gasteiger partial charge in [-0.2, -0.15) is 0 Å². The minimum Gasteiger partial charge on any atom is -0.496 e. The van der Waals surface area contributed by atoms with Gasteiger partial charge in [-0.15, -0.1) is 0 Å². The molecule has 2 N–H and O–H groups in total. The van der Waals surface area contributed by atoms with Crippen LogP contribution in [0.15, 0.2) is 46.9 Å². The van der Waals surface area contributed by atoms with Crippen molar-refractivity contribution in [3.05, 3.63) is 42.5 Å². The number of nitrogens with zero attached hydrogens (tertiary/aromatic N) is 1. The van der Waals surface area contributed by atoms with Crippen LogP contribution >= 0.6 is 0 Å². The zero-order valence-corrected chi connectivity index (χ0v) is 15.3. The Kier molecular flexibility index (Phi) is 4.96. The van der Waals surface area contributed by atoms with Crippen molar-refractivity contribution in [3.8, 4) is 17.2 Å². The van der Waals surface area contributed by atoms with Crippen LogP contribution in [0.3, 0.4) is 0 Å². The lowest BCUT2D eigenvalue weighted by Crippen LogP contribution is -2.38. The second-order valence-electron chi connectivity index (χ2n) is 6.84. The number of carbonyl (C=O) groups is 1. The molecular formula is C21H23N3O3. The Bertz CT molecular complexity index is 945. The van der Waals surface area contributed by atoms with E-state index in [1.807, 2.05) is 36.4 Å². The first kappa shape index (κ1) is 17.4. The van der Waals surface area contributed by atoms with Crippen molar-refractivity contribution in [1.29, 1.82) is 0 Å². The van der Waals surface area contributed by atoms with E-state index in [1.165, 1.54) is 19.3 Å². The van der Waals surface area contributed by atoms with Crippen LogP contribution in [0.2, 0.25) is 0 Å². The van der Waals surface area contributed by atoms with Gasteiger partial charge in [-0.1, -0.05) is 31.4 Å². The highest BCUT2D eigenvalue weighted by atomic mass is 16.5. The number of rotatable bonds is 4. The van der Waals surface area contributed by atoms with Gasteiger partial charge in [-0.25, -0.2) is 9.78 Å². The van der Waals surface area contributed by atoms with Crippen molar-refractivity contribution in [1.82, 2.24) is 10.3 Å². The molecule has 140 valence electrons. The molecule has 0 unspecified atom stereocenters. The highest BCUT2D eigenvalue weighted by Gasteiger charge is 2.16. The van der Waals surface area contributed by atoms with Crippen LogP contribution in [0.1, 0.15) is 32.1 Å². The average molecular weight is 365 g/mol. The van der Waals surface area contributed by atoms with Gasteiger partial charge < -0.3 is 19.8 Å². The second-order valence-corrected chi connectivity index (χ2v) is 6.84. The number of urea groups is 1. The van der Waals surface area contributed by atoms with E-state index in [0.29, 0.717) is 22.9 Å². The summed E-state index contributed by atoms with van der Waals surface area (Å²) in [4.78, 5) is 16.8. The van der Waals surface area contributed by atoms with Crippen LogP contribution in [0.25, 0.3) is 22.6 Å². The third kappa shape index (κ3) is 3.89. The maximum absolute atomic E-state index is 12.2. The smallest absolute Gasteiger partial charge is 0.319 e.